The lowest BCUT2D eigenvalue weighted by Gasteiger charge is -2.23. The first-order valence-electron chi connectivity index (χ1n) is 6.02. The Kier molecular flexibility index (Phi) is 4.18. The number of nitrogens with zero attached hydrogens (tertiary/aromatic N) is 1. The molecule has 0 aromatic heterocycles. The zero-order chi connectivity index (χ0) is 12.3. The minimum atomic E-state index is -0.622. The summed E-state index contributed by atoms with van der Waals surface area (Å²) >= 11 is 1.98. The Balaban J connectivity index is 2.18. The minimum Gasteiger partial charge on any atom is -0.507 e. The minimum absolute atomic E-state index is 0.189. The van der Waals surface area contributed by atoms with E-state index in [0.717, 1.165) is 24.5 Å². The molecule has 1 aliphatic heterocycles. The van der Waals surface area contributed by atoms with E-state index in [2.05, 4.69) is 4.90 Å². The van der Waals surface area contributed by atoms with E-state index in [1.165, 1.54) is 12.2 Å². The fourth-order valence-electron chi connectivity index (χ4n) is 2.09. The van der Waals surface area contributed by atoms with Crippen molar-refractivity contribution in [3.8, 4) is 5.75 Å². The number of phenolic OH excluding ortho intramolecular Hbond substituents is 1. The van der Waals surface area contributed by atoms with Gasteiger partial charge in [0.05, 0.1) is 6.10 Å². The number of hydrogen-bond donors (Lipinski definition) is 2. The summed E-state index contributed by atoms with van der Waals surface area (Å²) in [6.45, 7) is 3.73. The van der Waals surface area contributed by atoms with Crippen molar-refractivity contribution in [1.82, 2.24) is 0 Å². The van der Waals surface area contributed by atoms with E-state index in [4.69, 9.17) is 0 Å². The van der Waals surface area contributed by atoms with Crippen molar-refractivity contribution in [2.45, 2.75) is 19.4 Å². The van der Waals surface area contributed by atoms with Gasteiger partial charge in [0.15, 0.2) is 0 Å². The summed E-state index contributed by atoms with van der Waals surface area (Å²) in [5.41, 5.74) is 1.65. The molecule has 0 radical (unpaired) electrons. The first kappa shape index (κ1) is 12.6. The van der Waals surface area contributed by atoms with E-state index in [9.17, 15) is 10.2 Å². The molecule has 1 fully saturated rings. The van der Waals surface area contributed by atoms with Gasteiger partial charge in [0.2, 0.25) is 0 Å². The number of rotatable bonds is 2. The number of phenols is 1. The monoisotopic (exact) mass is 253 g/mol. The molecule has 1 saturated heterocycles. The molecule has 2 N–H and O–H groups in total. The van der Waals surface area contributed by atoms with Gasteiger partial charge in [-0.2, -0.15) is 11.8 Å². The summed E-state index contributed by atoms with van der Waals surface area (Å²) < 4.78 is 0. The molecule has 1 aromatic carbocycles. The van der Waals surface area contributed by atoms with Crippen LogP contribution in [0.25, 0.3) is 0 Å². The maximum absolute atomic E-state index is 9.87. The van der Waals surface area contributed by atoms with Crippen molar-refractivity contribution in [1.29, 1.82) is 0 Å². The highest BCUT2D eigenvalue weighted by atomic mass is 32.2. The number of hydrogen-bond acceptors (Lipinski definition) is 4. The Hall–Kier alpha value is -0.870. The Morgan fingerprint density at radius 1 is 1.29 bits per heavy atom. The first-order chi connectivity index (χ1) is 8.18. The largest absolute Gasteiger partial charge is 0.507 e. The van der Waals surface area contributed by atoms with Crippen molar-refractivity contribution < 1.29 is 10.2 Å². The van der Waals surface area contributed by atoms with E-state index < -0.39 is 6.10 Å². The SMILES string of the molecule is CC(O)c1ccc(N2CCCSCC2)cc1O. The molecule has 3 nitrogen and oxygen atoms in total. The number of thioether (sulfide) groups is 1. The number of anilines is 1. The molecule has 1 atom stereocenters. The topological polar surface area (TPSA) is 43.7 Å². The van der Waals surface area contributed by atoms with Gasteiger partial charge in [-0.1, -0.05) is 6.07 Å². The van der Waals surface area contributed by atoms with Crippen molar-refractivity contribution in [3.63, 3.8) is 0 Å². The number of aliphatic hydroxyl groups excluding tert-OH is 1. The average Bonchev–Trinajstić information content (AvgIpc) is 2.56. The van der Waals surface area contributed by atoms with Crippen LogP contribution in [0, 0.1) is 0 Å². The van der Waals surface area contributed by atoms with Crippen LogP contribution in [-0.4, -0.2) is 34.8 Å². The van der Waals surface area contributed by atoms with Gasteiger partial charge >= 0.3 is 0 Å². The van der Waals surface area contributed by atoms with E-state index in [1.807, 2.05) is 23.9 Å². The van der Waals surface area contributed by atoms with Crippen molar-refractivity contribution in [2.75, 3.05) is 29.5 Å². The normalized spacial score (nSPS) is 18.8. The second kappa shape index (κ2) is 5.65. The average molecular weight is 253 g/mol. The van der Waals surface area contributed by atoms with Gasteiger partial charge in [-0.05, 0) is 25.2 Å². The molecule has 0 bridgehead atoms. The summed E-state index contributed by atoms with van der Waals surface area (Å²) in [5, 5.41) is 19.3. The Labute approximate surface area is 106 Å². The molecular weight excluding hydrogens is 234 g/mol. The van der Waals surface area contributed by atoms with Crippen LogP contribution in [0.5, 0.6) is 5.75 Å². The first-order valence-corrected chi connectivity index (χ1v) is 7.17. The van der Waals surface area contributed by atoms with Crippen LogP contribution >= 0.6 is 11.8 Å². The summed E-state index contributed by atoms with van der Waals surface area (Å²) in [4.78, 5) is 2.30. The van der Waals surface area contributed by atoms with Gasteiger partial charge < -0.3 is 15.1 Å². The fraction of sp³-hybridized carbons (Fsp3) is 0.538. The van der Waals surface area contributed by atoms with Gasteiger partial charge in [0.25, 0.3) is 0 Å². The molecule has 4 heteroatoms. The third-order valence-electron chi connectivity index (χ3n) is 3.05. The quantitative estimate of drug-likeness (QED) is 0.849. The lowest BCUT2D eigenvalue weighted by Crippen LogP contribution is -2.25. The molecule has 1 unspecified atom stereocenters. The highest BCUT2D eigenvalue weighted by Gasteiger charge is 2.13. The molecule has 2 rings (SSSR count). The summed E-state index contributed by atoms with van der Waals surface area (Å²) in [6.07, 6.45) is 0.563. The Morgan fingerprint density at radius 3 is 2.82 bits per heavy atom. The van der Waals surface area contributed by atoms with E-state index in [1.54, 1.807) is 13.0 Å². The highest BCUT2D eigenvalue weighted by Crippen LogP contribution is 2.29. The molecule has 0 amide bonds. The second-order valence-corrected chi connectivity index (χ2v) is 5.60. The van der Waals surface area contributed by atoms with Gasteiger partial charge in [-0.25, -0.2) is 0 Å². The predicted octanol–water partition coefficient (Wildman–Crippen LogP) is 2.39. The third-order valence-corrected chi connectivity index (χ3v) is 4.10. The molecule has 0 saturated carbocycles. The smallest absolute Gasteiger partial charge is 0.123 e. The van der Waals surface area contributed by atoms with Crippen LogP contribution in [0.1, 0.15) is 25.0 Å². The third kappa shape index (κ3) is 3.07. The number of benzene rings is 1. The van der Waals surface area contributed by atoms with E-state index >= 15 is 0 Å². The Morgan fingerprint density at radius 2 is 2.12 bits per heavy atom. The van der Waals surface area contributed by atoms with Crippen LogP contribution < -0.4 is 4.90 Å². The van der Waals surface area contributed by atoms with E-state index in [0.29, 0.717) is 5.56 Å². The van der Waals surface area contributed by atoms with Crippen molar-refractivity contribution >= 4 is 17.4 Å². The molecule has 0 aliphatic carbocycles. The van der Waals surface area contributed by atoms with Crippen LogP contribution in [0.2, 0.25) is 0 Å². The molecule has 0 spiro atoms. The zero-order valence-electron chi connectivity index (χ0n) is 10.1. The van der Waals surface area contributed by atoms with Crippen molar-refractivity contribution in [3.05, 3.63) is 23.8 Å². The standard InChI is InChI=1S/C13H19NO2S/c1-10(15)12-4-3-11(9-13(12)16)14-5-2-7-17-8-6-14/h3-4,9-10,15-16H,2,5-8H2,1H3. The van der Waals surface area contributed by atoms with Gasteiger partial charge in [-0.15, -0.1) is 0 Å². The van der Waals surface area contributed by atoms with Gasteiger partial charge in [0, 0.05) is 36.2 Å². The molecule has 1 aromatic rings. The maximum Gasteiger partial charge on any atom is 0.123 e. The predicted molar refractivity (Wildman–Crippen MR) is 72.9 cm³/mol. The second-order valence-electron chi connectivity index (χ2n) is 4.37. The lowest BCUT2D eigenvalue weighted by molar-refractivity contribution is 0.195. The summed E-state index contributed by atoms with van der Waals surface area (Å²) in [7, 11) is 0. The Bertz CT molecular complexity index is 374. The van der Waals surface area contributed by atoms with Crippen LogP contribution in [0.4, 0.5) is 5.69 Å². The van der Waals surface area contributed by atoms with Gasteiger partial charge in [0.1, 0.15) is 5.75 Å². The molecule has 1 heterocycles. The number of aromatic hydroxyl groups is 1. The lowest BCUT2D eigenvalue weighted by atomic mass is 10.1. The molecule has 1 aliphatic rings. The van der Waals surface area contributed by atoms with E-state index in [-0.39, 0.29) is 5.75 Å². The molecule has 17 heavy (non-hydrogen) atoms. The van der Waals surface area contributed by atoms with Crippen LogP contribution in [0.15, 0.2) is 18.2 Å². The number of aliphatic hydroxyl groups is 1. The van der Waals surface area contributed by atoms with Crippen LogP contribution in [-0.2, 0) is 0 Å². The van der Waals surface area contributed by atoms with Crippen LogP contribution in [0.3, 0.4) is 0 Å². The maximum atomic E-state index is 9.87. The molecule has 94 valence electrons. The molecular formula is C13H19NO2S. The fourth-order valence-corrected chi connectivity index (χ4v) is 2.97. The highest BCUT2D eigenvalue weighted by molar-refractivity contribution is 7.99. The summed E-state index contributed by atoms with van der Waals surface area (Å²) in [6, 6.07) is 5.56. The van der Waals surface area contributed by atoms with Crippen molar-refractivity contribution in [2.24, 2.45) is 0 Å². The zero-order valence-corrected chi connectivity index (χ0v) is 10.9. The summed E-state index contributed by atoms with van der Waals surface area (Å²) in [5.74, 6) is 2.54. The van der Waals surface area contributed by atoms with Gasteiger partial charge in [-0.3, -0.25) is 0 Å².